The molecule has 2 fully saturated rings. The standard InChI is InChI=1S/C9H9N3O.C6H11N/c13-6-11-5-8-3-7-4-10-2-1-9(7)12-8;1-4-2-5-3-6(5)7-4/h1-4,6,12H,5H2,(H,11,13);4-7H,2-3H2,1H3. The molecule has 20 heavy (non-hydrogen) atoms. The van der Waals surface area contributed by atoms with Crippen LogP contribution in [0.15, 0.2) is 24.5 Å². The molecule has 1 aliphatic heterocycles. The Labute approximate surface area is 118 Å². The zero-order chi connectivity index (χ0) is 13.9. The second-order valence-electron chi connectivity index (χ2n) is 5.66. The molecule has 5 heteroatoms. The first-order chi connectivity index (χ1) is 9.76. The van der Waals surface area contributed by atoms with E-state index in [2.05, 4.69) is 27.5 Å². The molecule has 1 amide bonds. The lowest BCUT2D eigenvalue weighted by molar-refractivity contribution is -0.109. The molecule has 3 N–H and O–H groups in total. The van der Waals surface area contributed by atoms with Gasteiger partial charge in [0.15, 0.2) is 0 Å². The number of nitrogens with zero attached hydrogens (tertiary/aromatic N) is 1. The van der Waals surface area contributed by atoms with Gasteiger partial charge in [-0.2, -0.15) is 0 Å². The first-order valence-corrected chi connectivity index (χ1v) is 7.11. The van der Waals surface area contributed by atoms with Gasteiger partial charge in [-0.1, -0.05) is 0 Å². The van der Waals surface area contributed by atoms with Crippen molar-refractivity contribution in [1.29, 1.82) is 0 Å². The fourth-order valence-corrected chi connectivity index (χ4v) is 2.88. The predicted octanol–water partition coefficient (Wildman–Crippen LogP) is 1.57. The minimum Gasteiger partial charge on any atom is -0.357 e. The molecular weight excluding hydrogens is 252 g/mol. The van der Waals surface area contributed by atoms with E-state index in [0.29, 0.717) is 13.0 Å². The van der Waals surface area contributed by atoms with E-state index in [1.165, 1.54) is 12.8 Å². The van der Waals surface area contributed by atoms with Crippen LogP contribution in [0.1, 0.15) is 25.5 Å². The predicted molar refractivity (Wildman–Crippen MR) is 78.1 cm³/mol. The molecule has 0 radical (unpaired) electrons. The number of carbonyl (C=O) groups is 1. The summed E-state index contributed by atoms with van der Waals surface area (Å²) in [4.78, 5) is 17.2. The summed E-state index contributed by atoms with van der Waals surface area (Å²) in [6, 6.07) is 5.64. The van der Waals surface area contributed by atoms with Gasteiger partial charge < -0.3 is 15.6 Å². The summed E-state index contributed by atoms with van der Waals surface area (Å²) in [6.45, 7) is 2.80. The molecule has 0 spiro atoms. The van der Waals surface area contributed by atoms with E-state index >= 15 is 0 Å². The Morgan fingerprint density at radius 2 is 2.40 bits per heavy atom. The van der Waals surface area contributed by atoms with E-state index in [-0.39, 0.29) is 0 Å². The average Bonchev–Trinajstić information content (AvgIpc) is 2.89. The van der Waals surface area contributed by atoms with Gasteiger partial charge in [-0.15, -0.1) is 0 Å². The third kappa shape index (κ3) is 2.99. The van der Waals surface area contributed by atoms with Crippen LogP contribution in [0.5, 0.6) is 0 Å². The van der Waals surface area contributed by atoms with E-state index in [4.69, 9.17) is 0 Å². The number of hydrogen-bond acceptors (Lipinski definition) is 3. The largest absolute Gasteiger partial charge is 0.357 e. The summed E-state index contributed by atoms with van der Waals surface area (Å²) < 4.78 is 0. The van der Waals surface area contributed by atoms with Gasteiger partial charge in [0, 0.05) is 41.1 Å². The van der Waals surface area contributed by atoms with Crippen LogP contribution >= 0.6 is 0 Å². The van der Waals surface area contributed by atoms with Crippen molar-refractivity contribution in [2.24, 2.45) is 5.92 Å². The molecule has 3 unspecified atom stereocenters. The molecule has 0 bridgehead atoms. The molecule has 1 aliphatic carbocycles. The number of fused-ring (bicyclic) bond motifs is 2. The van der Waals surface area contributed by atoms with Gasteiger partial charge in [-0.3, -0.25) is 9.78 Å². The second kappa shape index (κ2) is 5.63. The number of amides is 1. The minimum atomic E-state index is 0.526. The maximum atomic E-state index is 10.1. The summed E-state index contributed by atoms with van der Waals surface area (Å²) >= 11 is 0. The number of rotatable bonds is 3. The molecule has 4 rings (SSSR count). The van der Waals surface area contributed by atoms with Gasteiger partial charge in [0.1, 0.15) is 0 Å². The van der Waals surface area contributed by atoms with Gasteiger partial charge in [0.25, 0.3) is 0 Å². The maximum Gasteiger partial charge on any atom is 0.207 e. The molecule has 3 heterocycles. The number of pyridine rings is 1. The molecular formula is C15H20N4O. The lowest BCUT2D eigenvalue weighted by atomic mass is 10.2. The zero-order valence-electron chi connectivity index (χ0n) is 11.6. The second-order valence-corrected chi connectivity index (χ2v) is 5.66. The number of carbonyl (C=O) groups excluding carboxylic acids is 1. The monoisotopic (exact) mass is 272 g/mol. The van der Waals surface area contributed by atoms with Crippen molar-refractivity contribution in [3.05, 3.63) is 30.2 Å². The van der Waals surface area contributed by atoms with Crippen molar-refractivity contribution in [3.63, 3.8) is 0 Å². The Kier molecular flexibility index (Phi) is 3.69. The van der Waals surface area contributed by atoms with Crippen LogP contribution in [0, 0.1) is 5.92 Å². The number of piperidine rings is 1. The molecule has 2 aliphatic rings. The third-order valence-corrected chi connectivity index (χ3v) is 3.93. The first kappa shape index (κ1) is 13.1. The summed E-state index contributed by atoms with van der Waals surface area (Å²) in [5.74, 6) is 1.08. The smallest absolute Gasteiger partial charge is 0.207 e. The van der Waals surface area contributed by atoms with Crippen molar-refractivity contribution in [1.82, 2.24) is 20.6 Å². The van der Waals surface area contributed by atoms with Crippen LogP contribution in [0.4, 0.5) is 0 Å². The molecule has 2 aromatic rings. The van der Waals surface area contributed by atoms with Crippen LogP contribution in [-0.2, 0) is 11.3 Å². The number of aromatic nitrogens is 2. The summed E-state index contributed by atoms with van der Waals surface area (Å²) in [5.41, 5.74) is 2.02. The van der Waals surface area contributed by atoms with E-state index in [0.717, 1.165) is 34.6 Å². The highest BCUT2D eigenvalue weighted by Crippen LogP contribution is 2.40. The van der Waals surface area contributed by atoms with Crippen molar-refractivity contribution in [3.8, 4) is 0 Å². The van der Waals surface area contributed by atoms with Crippen LogP contribution < -0.4 is 10.6 Å². The van der Waals surface area contributed by atoms with Gasteiger partial charge in [0.05, 0.1) is 6.54 Å². The third-order valence-electron chi connectivity index (χ3n) is 3.93. The number of hydrogen-bond donors (Lipinski definition) is 3. The van der Waals surface area contributed by atoms with Crippen LogP contribution in [0.3, 0.4) is 0 Å². The SMILES string of the molecule is CC1CC2CC2N1.O=CNCc1cc2cnccc2[nH]1. The Hall–Kier alpha value is -1.88. The lowest BCUT2D eigenvalue weighted by Crippen LogP contribution is -2.21. The van der Waals surface area contributed by atoms with Crippen LogP contribution in [0.2, 0.25) is 0 Å². The van der Waals surface area contributed by atoms with E-state index in [9.17, 15) is 4.79 Å². The van der Waals surface area contributed by atoms with Crippen LogP contribution in [-0.4, -0.2) is 28.5 Å². The first-order valence-electron chi connectivity index (χ1n) is 7.11. The number of H-pyrrole nitrogens is 1. The highest BCUT2D eigenvalue weighted by molar-refractivity contribution is 5.79. The fourth-order valence-electron chi connectivity index (χ4n) is 2.88. The normalized spacial score (nSPS) is 26.6. The number of nitrogens with one attached hydrogen (secondary N) is 3. The highest BCUT2D eigenvalue weighted by atomic mass is 16.1. The van der Waals surface area contributed by atoms with Gasteiger partial charge in [-0.05, 0) is 37.8 Å². The average molecular weight is 272 g/mol. The van der Waals surface area contributed by atoms with E-state index in [1.807, 2.05) is 12.1 Å². The molecule has 1 saturated carbocycles. The van der Waals surface area contributed by atoms with E-state index in [1.54, 1.807) is 12.4 Å². The molecule has 3 atom stereocenters. The summed E-state index contributed by atoms with van der Waals surface area (Å²) in [6.07, 6.45) is 7.10. The van der Waals surface area contributed by atoms with Crippen molar-refractivity contribution >= 4 is 17.3 Å². The zero-order valence-corrected chi connectivity index (χ0v) is 11.6. The lowest BCUT2D eigenvalue weighted by Gasteiger charge is -2.01. The highest BCUT2D eigenvalue weighted by Gasteiger charge is 2.43. The Balaban J connectivity index is 0.000000144. The fraction of sp³-hybridized carbons (Fsp3) is 0.467. The number of aromatic amines is 1. The Morgan fingerprint density at radius 3 is 3.00 bits per heavy atom. The Morgan fingerprint density at radius 1 is 1.50 bits per heavy atom. The van der Waals surface area contributed by atoms with Crippen LogP contribution in [0.25, 0.3) is 10.9 Å². The molecule has 0 aromatic carbocycles. The molecule has 2 aromatic heterocycles. The van der Waals surface area contributed by atoms with Gasteiger partial charge in [0.2, 0.25) is 6.41 Å². The Bertz CT molecular complexity index is 551. The maximum absolute atomic E-state index is 10.1. The van der Waals surface area contributed by atoms with Crippen molar-refractivity contribution in [2.45, 2.75) is 38.4 Å². The molecule has 5 nitrogen and oxygen atoms in total. The van der Waals surface area contributed by atoms with Crippen molar-refractivity contribution in [2.75, 3.05) is 0 Å². The topological polar surface area (TPSA) is 69.8 Å². The van der Waals surface area contributed by atoms with Gasteiger partial charge in [-0.25, -0.2) is 0 Å². The minimum absolute atomic E-state index is 0.526. The summed E-state index contributed by atoms with van der Waals surface area (Å²) in [5, 5.41) is 7.14. The molecule has 1 saturated heterocycles. The summed E-state index contributed by atoms with van der Waals surface area (Å²) in [7, 11) is 0. The quantitative estimate of drug-likeness (QED) is 0.743. The van der Waals surface area contributed by atoms with E-state index < -0.39 is 0 Å². The van der Waals surface area contributed by atoms with Crippen molar-refractivity contribution < 1.29 is 4.79 Å². The molecule has 106 valence electrons. The van der Waals surface area contributed by atoms with Gasteiger partial charge >= 0.3 is 0 Å².